The number of halogens is 4. The lowest BCUT2D eigenvalue weighted by Crippen LogP contribution is -2.05. The summed E-state index contributed by atoms with van der Waals surface area (Å²) in [5.41, 5.74) is 0.577. The molecule has 2 nitrogen and oxygen atoms in total. The molecule has 0 aliphatic carbocycles. The van der Waals surface area contributed by atoms with Gasteiger partial charge in [0, 0.05) is 10.6 Å². The van der Waals surface area contributed by atoms with E-state index in [-0.39, 0.29) is 6.42 Å². The molecule has 21 heavy (non-hydrogen) atoms. The summed E-state index contributed by atoms with van der Waals surface area (Å²) < 4.78 is 37.6. The number of aliphatic carboxylic acids is 1. The molecule has 0 amide bonds. The zero-order chi connectivity index (χ0) is 15.6. The first-order valence-electron chi connectivity index (χ1n) is 5.96. The highest BCUT2D eigenvalue weighted by Gasteiger charge is 2.30. The van der Waals surface area contributed by atoms with Gasteiger partial charge in [0.05, 0.1) is 12.0 Å². The van der Waals surface area contributed by atoms with Crippen molar-refractivity contribution >= 4 is 17.6 Å². The van der Waals surface area contributed by atoms with Gasteiger partial charge in [-0.05, 0) is 29.3 Å². The van der Waals surface area contributed by atoms with Gasteiger partial charge in [-0.3, -0.25) is 4.79 Å². The van der Waals surface area contributed by atoms with Crippen LogP contribution in [-0.4, -0.2) is 11.1 Å². The molecule has 0 saturated carbocycles. The van der Waals surface area contributed by atoms with Crippen LogP contribution in [0.1, 0.15) is 11.1 Å². The van der Waals surface area contributed by atoms with Gasteiger partial charge in [-0.25, -0.2) is 0 Å². The van der Waals surface area contributed by atoms with Crippen molar-refractivity contribution in [3.05, 3.63) is 58.6 Å². The lowest BCUT2D eigenvalue weighted by molar-refractivity contribution is -0.138. The van der Waals surface area contributed by atoms with Crippen LogP contribution >= 0.6 is 11.6 Å². The Labute approximate surface area is 123 Å². The zero-order valence-electron chi connectivity index (χ0n) is 10.6. The van der Waals surface area contributed by atoms with Gasteiger partial charge in [-0.1, -0.05) is 35.9 Å². The van der Waals surface area contributed by atoms with E-state index in [0.717, 1.165) is 12.1 Å². The van der Waals surface area contributed by atoms with Crippen LogP contribution in [-0.2, 0) is 17.4 Å². The molecule has 110 valence electrons. The lowest BCUT2D eigenvalue weighted by atomic mass is 9.96. The van der Waals surface area contributed by atoms with E-state index in [1.165, 1.54) is 12.1 Å². The normalized spacial score (nSPS) is 11.4. The topological polar surface area (TPSA) is 37.3 Å². The average molecular weight is 315 g/mol. The monoisotopic (exact) mass is 314 g/mol. The van der Waals surface area contributed by atoms with Gasteiger partial charge < -0.3 is 5.11 Å². The fourth-order valence-corrected chi connectivity index (χ4v) is 2.33. The van der Waals surface area contributed by atoms with Gasteiger partial charge >= 0.3 is 12.1 Å². The minimum absolute atomic E-state index is 0.253. The SMILES string of the molecule is O=C(O)Cc1cccc(Cl)c1-c1ccc(C(F)(F)F)cc1. The summed E-state index contributed by atoms with van der Waals surface area (Å²) in [7, 11) is 0. The van der Waals surface area contributed by atoms with Crippen LogP contribution < -0.4 is 0 Å². The van der Waals surface area contributed by atoms with Gasteiger partial charge in [0.25, 0.3) is 0 Å². The Morgan fingerprint density at radius 3 is 2.24 bits per heavy atom. The summed E-state index contributed by atoms with van der Waals surface area (Å²) in [5.74, 6) is -1.04. The Morgan fingerprint density at radius 2 is 1.71 bits per heavy atom. The second-order valence-corrected chi connectivity index (χ2v) is 4.83. The zero-order valence-corrected chi connectivity index (χ0v) is 11.4. The van der Waals surface area contributed by atoms with Gasteiger partial charge in [0.2, 0.25) is 0 Å². The maximum Gasteiger partial charge on any atom is 0.416 e. The third-order valence-corrected chi connectivity index (χ3v) is 3.26. The van der Waals surface area contributed by atoms with Gasteiger partial charge in [-0.15, -0.1) is 0 Å². The third-order valence-electron chi connectivity index (χ3n) is 2.94. The van der Waals surface area contributed by atoms with Gasteiger partial charge in [-0.2, -0.15) is 13.2 Å². The average Bonchev–Trinajstić information content (AvgIpc) is 2.37. The molecule has 0 aliphatic rings. The van der Waals surface area contributed by atoms with E-state index in [1.807, 2.05) is 0 Å². The smallest absolute Gasteiger partial charge is 0.416 e. The predicted molar refractivity (Wildman–Crippen MR) is 73.2 cm³/mol. The highest BCUT2D eigenvalue weighted by molar-refractivity contribution is 6.33. The molecule has 6 heteroatoms. The quantitative estimate of drug-likeness (QED) is 0.895. The van der Waals surface area contributed by atoms with Crippen LogP contribution in [0, 0.1) is 0 Å². The van der Waals surface area contributed by atoms with E-state index in [9.17, 15) is 18.0 Å². The van der Waals surface area contributed by atoms with Crippen molar-refractivity contribution in [1.29, 1.82) is 0 Å². The number of alkyl halides is 3. The van der Waals surface area contributed by atoms with Crippen LogP contribution in [0.25, 0.3) is 11.1 Å². The molecule has 0 aliphatic heterocycles. The molecule has 0 unspecified atom stereocenters. The Bertz CT molecular complexity index is 664. The van der Waals surface area contributed by atoms with Crippen LogP contribution in [0.2, 0.25) is 5.02 Å². The second kappa shape index (κ2) is 5.77. The molecule has 0 radical (unpaired) electrons. The fraction of sp³-hybridized carbons (Fsp3) is 0.133. The van der Waals surface area contributed by atoms with E-state index in [1.54, 1.807) is 18.2 Å². The molecule has 2 aromatic rings. The van der Waals surface area contributed by atoms with Crippen molar-refractivity contribution in [2.75, 3.05) is 0 Å². The van der Waals surface area contributed by atoms with E-state index >= 15 is 0 Å². The Kier molecular flexibility index (Phi) is 4.23. The van der Waals surface area contributed by atoms with E-state index in [2.05, 4.69) is 0 Å². The van der Waals surface area contributed by atoms with Crippen molar-refractivity contribution in [3.63, 3.8) is 0 Å². The summed E-state index contributed by atoms with van der Waals surface area (Å²) >= 11 is 6.06. The number of carbonyl (C=O) groups is 1. The standard InChI is InChI=1S/C15H10ClF3O2/c16-12-3-1-2-10(8-13(20)21)14(12)9-4-6-11(7-5-9)15(17,18)19/h1-7H,8H2,(H,20,21). The second-order valence-electron chi connectivity index (χ2n) is 4.42. The van der Waals surface area contributed by atoms with Crippen molar-refractivity contribution in [3.8, 4) is 11.1 Å². The summed E-state index contributed by atoms with van der Waals surface area (Å²) in [6.07, 6.45) is -4.67. The summed E-state index contributed by atoms with van der Waals surface area (Å²) in [6.45, 7) is 0. The van der Waals surface area contributed by atoms with Crippen LogP contribution in [0.3, 0.4) is 0 Å². The van der Waals surface area contributed by atoms with Crippen molar-refractivity contribution in [2.24, 2.45) is 0 Å². The van der Waals surface area contributed by atoms with Crippen molar-refractivity contribution in [2.45, 2.75) is 12.6 Å². The number of rotatable bonds is 3. The number of carboxylic acids is 1. The largest absolute Gasteiger partial charge is 0.481 e. The molecule has 0 bridgehead atoms. The molecule has 0 aromatic heterocycles. The Morgan fingerprint density at radius 1 is 1.10 bits per heavy atom. The molecule has 2 rings (SSSR count). The fourth-order valence-electron chi connectivity index (χ4n) is 2.03. The summed E-state index contributed by atoms with van der Waals surface area (Å²) in [5, 5.41) is 9.19. The molecule has 1 N–H and O–H groups in total. The number of carboxylic acid groups (broad SMARTS) is 1. The van der Waals surface area contributed by atoms with Crippen LogP contribution in [0.15, 0.2) is 42.5 Å². The number of hydrogen-bond donors (Lipinski definition) is 1. The van der Waals surface area contributed by atoms with E-state index < -0.39 is 17.7 Å². The maximum atomic E-state index is 12.5. The molecular weight excluding hydrogens is 305 g/mol. The van der Waals surface area contributed by atoms with Crippen molar-refractivity contribution < 1.29 is 23.1 Å². The first kappa shape index (κ1) is 15.4. The Hall–Kier alpha value is -2.01. The van der Waals surface area contributed by atoms with Crippen molar-refractivity contribution in [1.82, 2.24) is 0 Å². The molecule has 0 atom stereocenters. The maximum absolute atomic E-state index is 12.5. The van der Waals surface area contributed by atoms with Gasteiger partial charge in [0.1, 0.15) is 0 Å². The lowest BCUT2D eigenvalue weighted by Gasteiger charge is -2.12. The number of hydrogen-bond acceptors (Lipinski definition) is 1. The van der Waals surface area contributed by atoms with E-state index in [4.69, 9.17) is 16.7 Å². The highest BCUT2D eigenvalue weighted by Crippen LogP contribution is 2.35. The predicted octanol–water partition coefficient (Wildman–Crippen LogP) is 4.65. The van der Waals surface area contributed by atoms with Gasteiger partial charge in [0.15, 0.2) is 0 Å². The molecule has 0 fully saturated rings. The van der Waals surface area contributed by atoms with Crippen LogP contribution in [0.4, 0.5) is 13.2 Å². The summed E-state index contributed by atoms with van der Waals surface area (Å²) in [4.78, 5) is 10.9. The minimum Gasteiger partial charge on any atom is -0.481 e. The highest BCUT2D eigenvalue weighted by atomic mass is 35.5. The molecular formula is C15H10ClF3O2. The molecule has 0 saturated heterocycles. The first-order valence-corrected chi connectivity index (χ1v) is 6.33. The molecule has 0 spiro atoms. The molecule has 0 heterocycles. The Balaban J connectivity index is 2.49. The third kappa shape index (κ3) is 3.55. The number of benzene rings is 2. The van der Waals surface area contributed by atoms with Crippen LogP contribution in [0.5, 0.6) is 0 Å². The minimum atomic E-state index is -4.41. The molecule has 2 aromatic carbocycles. The summed E-state index contributed by atoms with van der Waals surface area (Å²) in [6, 6.07) is 9.23. The first-order chi connectivity index (χ1) is 9.79. The van der Waals surface area contributed by atoms with E-state index in [0.29, 0.717) is 21.7 Å².